The molecule has 2 heterocycles. The van der Waals surface area contributed by atoms with Crippen LogP contribution in [0.1, 0.15) is 11.3 Å². The van der Waals surface area contributed by atoms with E-state index in [1.54, 1.807) is 6.07 Å². The summed E-state index contributed by atoms with van der Waals surface area (Å²) in [5, 5.41) is 9.80. The Morgan fingerprint density at radius 1 is 1.11 bits per heavy atom. The largest absolute Gasteiger partial charge is 0.508 e. The predicted molar refractivity (Wildman–Crippen MR) is 73.5 cm³/mol. The van der Waals surface area contributed by atoms with Gasteiger partial charge in [-0.25, -0.2) is 0 Å². The highest BCUT2D eigenvalue weighted by Crippen LogP contribution is 2.21. The molecule has 3 rings (SSSR count). The zero-order valence-corrected chi connectivity index (χ0v) is 10.4. The molecule has 0 bridgehead atoms. The van der Waals surface area contributed by atoms with Crippen LogP contribution < -0.4 is 0 Å². The summed E-state index contributed by atoms with van der Waals surface area (Å²) in [5.74, 6) is 0.312. The van der Waals surface area contributed by atoms with E-state index in [0.29, 0.717) is 16.9 Å². The number of phenolic OH excluding ortho intramolecular Hbond substituents is 1. The first-order chi connectivity index (χ1) is 8.75. The SMILES string of the molecule is Oc1ccccc1Cc1[nH]c(=S)n2ccccc12. The molecule has 18 heavy (non-hydrogen) atoms. The maximum Gasteiger partial charge on any atom is 0.182 e. The predicted octanol–water partition coefficient (Wildman–Crippen LogP) is 3.29. The quantitative estimate of drug-likeness (QED) is 0.691. The molecule has 0 saturated heterocycles. The number of para-hydroxylation sites is 1. The van der Waals surface area contributed by atoms with Crippen LogP contribution in [0.2, 0.25) is 0 Å². The lowest BCUT2D eigenvalue weighted by Crippen LogP contribution is -1.90. The number of hydrogen-bond acceptors (Lipinski definition) is 2. The normalized spacial score (nSPS) is 10.9. The average Bonchev–Trinajstić information content (AvgIpc) is 2.70. The van der Waals surface area contributed by atoms with Crippen molar-refractivity contribution in [1.82, 2.24) is 9.38 Å². The Morgan fingerprint density at radius 3 is 2.72 bits per heavy atom. The third-order valence-corrected chi connectivity index (χ3v) is 3.30. The number of rotatable bonds is 2. The highest BCUT2D eigenvalue weighted by molar-refractivity contribution is 7.71. The van der Waals surface area contributed by atoms with E-state index in [1.165, 1.54) is 0 Å². The number of hydrogen-bond donors (Lipinski definition) is 2. The van der Waals surface area contributed by atoms with Gasteiger partial charge in [0.15, 0.2) is 4.77 Å². The van der Waals surface area contributed by atoms with Crippen molar-refractivity contribution in [1.29, 1.82) is 0 Å². The first kappa shape index (κ1) is 11.0. The molecule has 0 atom stereocenters. The number of fused-ring (bicyclic) bond motifs is 1. The first-order valence-electron chi connectivity index (χ1n) is 5.71. The minimum atomic E-state index is 0.312. The molecular formula is C14H12N2OS. The number of imidazole rings is 1. The molecule has 3 nitrogen and oxygen atoms in total. The molecule has 2 N–H and O–H groups in total. The summed E-state index contributed by atoms with van der Waals surface area (Å²) >= 11 is 5.27. The number of aromatic hydroxyl groups is 1. The molecule has 0 saturated carbocycles. The fourth-order valence-electron chi connectivity index (χ4n) is 2.11. The highest BCUT2D eigenvalue weighted by Gasteiger charge is 2.07. The molecule has 90 valence electrons. The van der Waals surface area contributed by atoms with Crippen molar-refractivity contribution in [3.63, 3.8) is 0 Å². The number of pyridine rings is 1. The molecule has 0 spiro atoms. The van der Waals surface area contributed by atoms with Crippen LogP contribution in [0.3, 0.4) is 0 Å². The van der Waals surface area contributed by atoms with Gasteiger partial charge < -0.3 is 10.1 Å². The number of H-pyrrole nitrogens is 1. The number of aromatic nitrogens is 2. The Kier molecular flexibility index (Phi) is 2.64. The van der Waals surface area contributed by atoms with Gasteiger partial charge in [-0.05, 0) is 36.0 Å². The second-order valence-corrected chi connectivity index (χ2v) is 4.56. The molecule has 0 aliphatic carbocycles. The average molecular weight is 256 g/mol. The van der Waals surface area contributed by atoms with E-state index >= 15 is 0 Å². The maximum atomic E-state index is 9.80. The molecule has 3 aromatic rings. The number of aromatic amines is 1. The van der Waals surface area contributed by atoms with E-state index in [9.17, 15) is 5.11 Å². The van der Waals surface area contributed by atoms with Crippen LogP contribution in [0, 0.1) is 4.77 Å². The third kappa shape index (κ3) is 1.80. The van der Waals surface area contributed by atoms with Gasteiger partial charge in [0.25, 0.3) is 0 Å². The van der Waals surface area contributed by atoms with E-state index in [0.717, 1.165) is 16.8 Å². The van der Waals surface area contributed by atoms with Gasteiger partial charge in [0, 0.05) is 18.3 Å². The number of phenols is 1. The van der Waals surface area contributed by atoms with Gasteiger partial charge in [-0.15, -0.1) is 0 Å². The summed E-state index contributed by atoms with van der Waals surface area (Å²) in [4.78, 5) is 3.19. The monoisotopic (exact) mass is 256 g/mol. The first-order valence-corrected chi connectivity index (χ1v) is 6.11. The summed E-state index contributed by atoms with van der Waals surface area (Å²) in [7, 11) is 0. The van der Waals surface area contributed by atoms with Crippen LogP contribution in [-0.4, -0.2) is 14.5 Å². The summed E-state index contributed by atoms with van der Waals surface area (Å²) in [6, 6.07) is 13.3. The Hall–Kier alpha value is -2.07. The fraction of sp³-hybridized carbons (Fsp3) is 0.0714. The van der Waals surface area contributed by atoms with Crippen LogP contribution in [0.5, 0.6) is 5.75 Å². The van der Waals surface area contributed by atoms with E-state index in [-0.39, 0.29) is 0 Å². The lowest BCUT2D eigenvalue weighted by Gasteiger charge is -2.03. The van der Waals surface area contributed by atoms with Gasteiger partial charge in [-0.2, -0.15) is 0 Å². The van der Waals surface area contributed by atoms with Crippen molar-refractivity contribution in [2.45, 2.75) is 6.42 Å². The summed E-state index contributed by atoms with van der Waals surface area (Å²) in [6.45, 7) is 0. The van der Waals surface area contributed by atoms with Crippen molar-refractivity contribution in [2.75, 3.05) is 0 Å². The second kappa shape index (κ2) is 4.31. The molecule has 4 heteroatoms. The van der Waals surface area contributed by atoms with Crippen molar-refractivity contribution < 1.29 is 5.11 Å². The lowest BCUT2D eigenvalue weighted by atomic mass is 10.1. The van der Waals surface area contributed by atoms with Crippen LogP contribution in [-0.2, 0) is 6.42 Å². The minimum Gasteiger partial charge on any atom is -0.508 e. The molecule has 0 amide bonds. The molecule has 1 aromatic carbocycles. The zero-order valence-electron chi connectivity index (χ0n) is 9.63. The second-order valence-electron chi connectivity index (χ2n) is 4.17. The number of nitrogens with one attached hydrogen (secondary N) is 1. The summed E-state index contributed by atoms with van der Waals surface area (Å²) in [6.07, 6.45) is 2.57. The Bertz CT molecular complexity index is 758. The Balaban J connectivity index is 2.11. The van der Waals surface area contributed by atoms with Crippen molar-refractivity contribution in [2.24, 2.45) is 0 Å². The third-order valence-electron chi connectivity index (χ3n) is 3.00. The zero-order chi connectivity index (χ0) is 12.5. The van der Waals surface area contributed by atoms with Gasteiger partial charge in [-0.1, -0.05) is 24.3 Å². The molecule has 2 aromatic heterocycles. The smallest absolute Gasteiger partial charge is 0.182 e. The van der Waals surface area contributed by atoms with E-state index in [1.807, 2.05) is 47.0 Å². The van der Waals surface area contributed by atoms with Crippen LogP contribution in [0.4, 0.5) is 0 Å². The molecular weight excluding hydrogens is 244 g/mol. The Labute approximate surface area is 109 Å². The van der Waals surface area contributed by atoms with Gasteiger partial charge in [0.2, 0.25) is 0 Å². The molecule has 0 aliphatic heterocycles. The maximum absolute atomic E-state index is 9.80. The van der Waals surface area contributed by atoms with E-state index < -0.39 is 0 Å². The van der Waals surface area contributed by atoms with Crippen molar-refractivity contribution in [3.8, 4) is 5.75 Å². The summed E-state index contributed by atoms with van der Waals surface area (Å²) in [5.41, 5.74) is 2.95. The minimum absolute atomic E-state index is 0.312. The van der Waals surface area contributed by atoms with Crippen LogP contribution in [0.15, 0.2) is 48.7 Å². The highest BCUT2D eigenvalue weighted by atomic mass is 32.1. The molecule has 0 radical (unpaired) electrons. The number of benzene rings is 1. The van der Waals surface area contributed by atoms with E-state index in [2.05, 4.69) is 4.98 Å². The fourth-order valence-corrected chi connectivity index (χ4v) is 2.39. The van der Waals surface area contributed by atoms with Gasteiger partial charge in [0.1, 0.15) is 5.75 Å². The van der Waals surface area contributed by atoms with Crippen molar-refractivity contribution in [3.05, 3.63) is 64.7 Å². The molecule has 0 fully saturated rings. The molecule has 0 aliphatic rings. The van der Waals surface area contributed by atoms with Crippen LogP contribution >= 0.6 is 12.2 Å². The standard InChI is InChI=1S/C14H12N2OS/c17-13-7-2-1-5-10(13)9-11-12-6-3-4-8-16(12)14(18)15-11/h1-8,17H,9H2,(H,15,18). The van der Waals surface area contributed by atoms with Gasteiger partial charge >= 0.3 is 0 Å². The van der Waals surface area contributed by atoms with E-state index in [4.69, 9.17) is 12.2 Å². The van der Waals surface area contributed by atoms with Crippen LogP contribution in [0.25, 0.3) is 5.52 Å². The van der Waals surface area contributed by atoms with Gasteiger partial charge in [0.05, 0.1) is 5.52 Å². The lowest BCUT2D eigenvalue weighted by molar-refractivity contribution is 0.469. The summed E-state index contributed by atoms with van der Waals surface area (Å²) < 4.78 is 2.61. The topological polar surface area (TPSA) is 40.4 Å². The number of nitrogens with zero attached hydrogens (tertiary/aromatic N) is 1. The van der Waals surface area contributed by atoms with Crippen molar-refractivity contribution >= 4 is 17.7 Å². The Morgan fingerprint density at radius 2 is 1.89 bits per heavy atom. The molecule has 0 unspecified atom stereocenters. The van der Waals surface area contributed by atoms with Gasteiger partial charge in [-0.3, -0.25) is 4.40 Å².